The van der Waals surface area contributed by atoms with Crippen molar-refractivity contribution in [1.82, 2.24) is 9.78 Å². The van der Waals surface area contributed by atoms with Crippen molar-refractivity contribution in [3.05, 3.63) is 45.9 Å². The minimum atomic E-state index is -0.432. The van der Waals surface area contributed by atoms with Crippen molar-refractivity contribution in [3.8, 4) is 5.69 Å². The summed E-state index contributed by atoms with van der Waals surface area (Å²) >= 11 is 8.96. The molecule has 2 nitrogen and oxygen atoms in total. The van der Waals surface area contributed by atoms with Crippen molar-refractivity contribution in [3.63, 3.8) is 0 Å². The van der Waals surface area contributed by atoms with Crippen molar-refractivity contribution in [2.75, 3.05) is 0 Å². The maximum Gasteiger partial charge on any atom is 0.141 e. The number of hydrogen-bond donors (Lipinski definition) is 0. The van der Waals surface area contributed by atoms with Gasteiger partial charge in [-0.15, -0.1) is 0 Å². The topological polar surface area (TPSA) is 17.8 Å². The molecule has 0 saturated carbocycles. The molecule has 14 heavy (non-hydrogen) atoms. The van der Waals surface area contributed by atoms with Crippen LogP contribution in [0.3, 0.4) is 0 Å². The number of benzene rings is 1. The zero-order chi connectivity index (χ0) is 10.1. The molecule has 0 spiro atoms. The molecule has 0 aliphatic carbocycles. The number of halogens is 3. The van der Waals surface area contributed by atoms with Crippen LogP contribution in [0.25, 0.3) is 5.69 Å². The molecule has 0 bridgehead atoms. The Labute approximate surface area is 93.4 Å². The zero-order valence-electron chi connectivity index (χ0n) is 6.92. The van der Waals surface area contributed by atoms with E-state index in [1.165, 1.54) is 12.1 Å². The fraction of sp³-hybridized carbons (Fsp3) is 0. The lowest BCUT2D eigenvalue weighted by molar-refractivity contribution is 0.627. The highest BCUT2D eigenvalue weighted by atomic mass is 79.9. The lowest BCUT2D eigenvalue weighted by Gasteiger charge is -2.03. The van der Waals surface area contributed by atoms with Gasteiger partial charge in [0.1, 0.15) is 10.4 Å². The largest absolute Gasteiger partial charge is 0.227 e. The summed E-state index contributed by atoms with van der Waals surface area (Å²) in [6, 6.07) is 6.23. The van der Waals surface area contributed by atoms with Crippen LogP contribution in [-0.2, 0) is 0 Å². The van der Waals surface area contributed by atoms with Crippen LogP contribution in [0.4, 0.5) is 4.39 Å². The van der Waals surface area contributed by atoms with E-state index in [9.17, 15) is 4.39 Å². The second-order valence-corrected chi connectivity index (χ2v) is 3.88. The zero-order valence-corrected chi connectivity index (χ0v) is 9.26. The minimum Gasteiger partial charge on any atom is -0.227 e. The normalized spacial score (nSPS) is 10.5. The summed E-state index contributed by atoms with van der Waals surface area (Å²) < 4.78 is 15.3. The maximum absolute atomic E-state index is 12.9. The van der Waals surface area contributed by atoms with Crippen LogP contribution >= 0.6 is 27.5 Å². The third-order valence-corrected chi connectivity index (χ3v) is 2.63. The Morgan fingerprint density at radius 1 is 1.36 bits per heavy atom. The Hall–Kier alpha value is -0.870. The average molecular weight is 276 g/mol. The predicted molar refractivity (Wildman–Crippen MR) is 56.2 cm³/mol. The van der Waals surface area contributed by atoms with E-state index in [1.54, 1.807) is 23.0 Å². The van der Waals surface area contributed by atoms with Crippen LogP contribution in [0.5, 0.6) is 0 Å². The molecule has 0 fully saturated rings. The first-order valence-electron chi connectivity index (χ1n) is 3.83. The number of nitrogens with zero attached hydrogens (tertiary/aromatic N) is 2. The smallest absolute Gasteiger partial charge is 0.141 e. The molecule has 0 atom stereocenters. The Kier molecular flexibility index (Phi) is 2.56. The first kappa shape index (κ1) is 9.68. The van der Waals surface area contributed by atoms with Gasteiger partial charge in [0.05, 0.1) is 16.9 Å². The van der Waals surface area contributed by atoms with E-state index in [1.807, 2.05) is 0 Å². The van der Waals surface area contributed by atoms with Gasteiger partial charge in [0, 0.05) is 0 Å². The molecule has 0 N–H and O–H groups in total. The lowest BCUT2D eigenvalue weighted by atomic mass is 10.3. The Morgan fingerprint density at radius 3 is 2.71 bits per heavy atom. The van der Waals surface area contributed by atoms with Gasteiger partial charge in [0.15, 0.2) is 0 Å². The Balaban J connectivity index is 2.53. The van der Waals surface area contributed by atoms with Gasteiger partial charge in [-0.2, -0.15) is 5.10 Å². The molecule has 1 aromatic carbocycles. The first-order chi connectivity index (χ1) is 6.68. The molecule has 1 aromatic heterocycles. The fourth-order valence-corrected chi connectivity index (χ4v) is 1.68. The second-order valence-electron chi connectivity index (χ2n) is 2.66. The van der Waals surface area contributed by atoms with Crippen molar-refractivity contribution < 1.29 is 4.39 Å². The van der Waals surface area contributed by atoms with Crippen LogP contribution in [0.1, 0.15) is 0 Å². The van der Waals surface area contributed by atoms with Crippen molar-refractivity contribution in [2.45, 2.75) is 0 Å². The third-order valence-electron chi connectivity index (χ3n) is 1.74. The summed E-state index contributed by atoms with van der Waals surface area (Å²) in [5.41, 5.74) is 0.716. The summed E-state index contributed by atoms with van der Waals surface area (Å²) in [6.45, 7) is 0. The lowest BCUT2D eigenvalue weighted by Crippen LogP contribution is -1.96. The van der Waals surface area contributed by atoms with E-state index in [0.717, 1.165) is 4.60 Å². The molecule has 2 rings (SSSR count). The van der Waals surface area contributed by atoms with Crippen LogP contribution in [0.2, 0.25) is 5.02 Å². The highest BCUT2D eigenvalue weighted by Crippen LogP contribution is 2.21. The molecule has 1 heterocycles. The minimum absolute atomic E-state index is 0.0879. The van der Waals surface area contributed by atoms with Gasteiger partial charge >= 0.3 is 0 Å². The van der Waals surface area contributed by atoms with Gasteiger partial charge < -0.3 is 0 Å². The Bertz CT molecular complexity index is 470. The summed E-state index contributed by atoms with van der Waals surface area (Å²) in [4.78, 5) is 0. The van der Waals surface area contributed by atoms with Crippen molar-refractivity contribution in [2.24, 2.45) is 0 Å². The van der Waals surface area contributed by atoms with Gasteiger partial charge in [-0.25, -0.2) is 9.07 Å². The maximum atomic E-state index is 12.9. The Morgan fingerprint density at radius 2 is 2.14 bits per heavy atom. The number of rotatable bonds is 1. The van der Waals surface area contributed by atoms with E-state index in [-0.39, 0.29) is 5.02 Å². The van der Waals surface area contributed by atoms with Gasteiger partial charge in [-0.1, -0.05) is 11.6 Å². The number of hydrogen-bond acceptors (Lipinski definition) is 1. The fourth-order valence-electron chi connectivity index (χ4n) is 1.09. The van der Waals surface area contributed by atoms with Gasteiger partial charge in [0.2, 0.25) is 0 Å². The van der Waals surface area contributed by atoms with Crippen LogP contribution < -0.4 is 0 Å². The first-order valence-corrected chi connectivity index (χ1v) is 5.00. The molecular formula is C9H5BrClFN2. The highest BCUT2D eigenvalue weighted by Gasteiger charge is 2.05. The molecule has 2 aromatic rings. The van der Waals surface area contributed by atoms with E-state index in [0.29, 0.717) is 5.69 Å². The summed E-state index contributed by atoms with van der Waals surface area (Å²) in [5.74, 6) is -0.432. The monoisotopic (exact) mass is 274 g/mol. The van der Waals surface area contributed by atoms with Crippen LogP contribution in [0, 0.1) is 5.82 Å². The molecule has 5 heteroatoms. The van der Waals surface area contributed by atoms with E-state index >= 15 is 0 Å². The van der Waals surface area contributed by atoms with Crippen LogP contribution in [0.15, 0.2) is 35.1 Å². The van der Waals surface area contributed by atoms with E-state index in [2.05, 4.69) is 21.0 Å². The highest BCUT2D eigenvalue weighted by molar-refractivity contribution is 9.10. The third kappa shape index (κ3) is 1.67. The second kappa shape index (κ2) is 3.71. The summed E-state index contributed by atoms with van der Waals surface area (Å²) in [6.07, 6.45) is 1.64. The van der Waals surface area contributed by atoms with E-state index < -0.39 is 5.82 Å². The molecule has 0 amide bonds. The van der Waals surface area contributed by atoms with Gasteiger partial charge in [0.25, 0.3) is 0 Å². The molecule has 0 aliphatic rings. The number of aromatic nitrogens is 2. The van der Waals surface area contributed by atoms with Crippen LogP contribution in [-0.4, -0.2) is 9.78 Å². The standard InChI is InChI=1S/C9H5BrClFN2/c10-9-3-4-13-14(9)6-1-2-8(12)7(11)5-6/h1-5H. The predicted octanol–water partition coefficient (Wildman–Crippen LogP) is 3.43. The summed E-state index contributed by atoms with van der Waals surface area (Å²) in [7, 11) is 0. The quantitative estimate of drug-likeness (QED) is 0.780. The molecule has 0 unspecified atom stereocenters. The molecule has 0 aliphatic heterocycles. The molecular weight excluding hydrogens is 270 g/mol. The average Bonchev–Trinajstić information content (AvgIpc) is 2.57. The molecule has 0 radical (unpaired) electrons. The van der Waals surface area contributed by atoms with Gasteiger partial charge in [-0.05, 0) is 40.2 Å². The van der Waals surface area contributed by atoms with Crippen molar-refractivity contribution >= 4 is 27.5 Å². The van der Waals surface area contributed by atoms with Crippen molar-refractivity contribution in [1.29, 1.82) is 0 Å². The van der Waals surface area contributed by atoms with Gasteiger partial charge in [-0.3, -0.25) is 0 Å². The molecule has 72 valence electrons. The summed E-state index contributed by atoms with van der Waals surface area (Å²) in [5, 5.41) is 4.13. The SMILES string of the molecule is Fc1ccc(-n2nccc2Br)cc1Cl. The molecule has 0 saturated heterocycles. The van der Waals surface area contributed by atoms with E-state index in [4.69, 9.17) is 11.6 Å².